The third-order valence-electron chi connectivity index (χ3n) is 3.55. The number of hydrogen-bond donors (Lipinski definition) is 2. The highest BCUT2D eigenvalue weighted by molar-refractivity contribution is 5.76. The van der Waals surface area contributed by atoms with Crippen molar-refractivity contribution in [3.63, 3.8) is 0 Å². The van der Waals surface area contributed by atoms with Crippen LogP contribution in [0.3, 0.4) is 0 Å². The Hall–Kier alpha value is -2.60. The van der Waals surface area contributed by atoms with Crippen LogP contribution >= 0.6 is 0 Å². The van der Waals surface area contributed by atoms with Crippen LogP contribution in [0.15, 0.2) is 42.7 Å². The Morgan fingerprint density at radius 1 is 1.17 bits per heavy atom. The number of pyridine rings is 1. The van der Waals surface area contributed by atoms with Gasteiger partial charge >= 0.3 is 0 Å². The summed E-state index contributed by atoms with van der Waals surface area (Å²) < 4.78 is 10.5. The summed E-state index contributed by atoms with van der Waals surface area (Å²) in [6, 6.07) is 9.47. The number of nitrogens with one attached hydrogen (secondary N) is 2. The second kappa shape index (κ2) is 9.52. The number of nitrogens with zero attached hydrogens (tertiary/aromatic N) is 1. The number of benzene rings is 1. The molecule has 0 atom stereocenters. The van der Waals surface area contributed by atoms with Crippen LogP contribution in [0.4, 0.5) is 0 Å². The molecule has 1 heterocycles. The molecule has 0 radical (unpaired) electrons. The second-order valence-corrected chi connectivity index (χ2v) is 5.24. The number of carbonyl (C=O) groups excluding carboxylic acids is 1. The molecular weight excluding hydrogens is 306 g/mol. The number of carbonyl (C=O) groups is 1. The molecule has 0 fully saturated rings. The van der Waals surface area contributed by atoms with E-state index in [-0.39, 0.29) is 5.91 Å². The Morgan fingerprint density at radius 3 is 2.75 bits per heavy atom. The zero-order valence-corrected chi connectivity index (χ0v) is 14.0. The van der Waals surface area contributed by atoms with Crippen molar-refractivity contribution >= 4 is 5.91 Å². The SMILES string of the molecule is COc1ccc(CNCCC(=O)NCc2cccnc2)c(OC)c1. The maximum atomic E-state index is 11.8. The van der Waals surface area contributed by atoms with Gasteiger partial charge in [0.25, 0.3) is 0 Å². The van der Waals surface area contributed by atoms with Crippen molar-refractivity contribution < 1.29 is 14.3 Å². The first-order valence-corrected chi connectivity index (χ1v) is 7.80. The molecule has 0 unspecified atom stereocenters. The van der Waals surface area contributed by atoms with Crippen molar-refractivity contribution in [2.75, 3.05) is 20.8 Å². The number of rotatable bonds is 9. The Bertz CT molecular complexity index is 647. The van der Waals surface area contributed by atoms with E-state index < -0.39 is 0 Å². The van der Waals surface area contributed by atoms with Crippen LogP contribution in [0.5, 0.6) is 11.5 Å². The lowest BCUT2D eigenvalue weighted by molar-refractivity contribution is -0.121. The molecule has 6 nitrogen and oxygen atoms in total. The molecule has 1 aromatic heterocycles. The molecule has 2 aromatic rings. The maximum Gasteiger partial charge on any atom is 0.221 e. The highest BCUT2D eigenvalue weighted by atomic mass is 16.5. The molecule has 1 aromatic carbocycles. The van der Waals surface area contributed by atoms with Gasteiger partial charge in [0, 0.05) is 50.1 Å². The molecule has 0 aliphatic heterocycles. The van der Waals surface area contributed by atoms with Gasteiger partial charge in [-0.3, -0.25) is 9.78 Å². The van der Waals surface area contributed by atoms with Crippen LogP contribution < -0.4 is 20.1 Å². The molecule has 0 aliphatic rings. The lowest BCUT2D eigenvalue weighted by Gasteiger charge is -2.11. The van der Waals surface area contributed by atoms with Crippen molar-refractivity contribution in [3.05, 3.63) is 53.9 Å². The highest BCUT2D eigenvalue weighted by Crippen LogP contribution is 2.24. The van der Waals surface area contributed by atoms with Gasteiger partial charge in [-0.25, -0.2) is 0 Å². The third-order valence-corrected chi connectivity index (χ3v) is 3.55. The normalized spacial score (nSPS) is 10.2. The van der Waals surface area contributed by atoms with Crippen LogP contribution in [0.2, 0.25) is 0 Å². The first kappa shape index (κ1) is 17.7. The quantitative estimate of drug-likeness (QED) is 0.688. The molecule has 2 rings (SSSR count). The zero-order valence-electron chi connectivity index (χ0n) is 14.0. The molecular formula is C18H23N3O3. The van der Waals surface area contributed by atoms with Crippen LogP contribution in [-0.2, 0) is 17.9 Å². The Labute approximate surface area is 142 Å². The number of aromatic nitrogens is 1. The maximum absolute atomic E-state index is 11.8. The van der Waals surface area contributed by atoms with E-state index in [2.05, 4.69) is 15.6 Å². The Morgan fingerprint density at radius 2 is 2.04 bits per heavy atom. The summed E-state index contributed by atoms with van der Waals surface area (Å²) in [5.74, 6) is 1.53. The largest absolute Gasteiger partial charge is 0.497 e. The first-order valence-electron chi connectivity index (χ1n) is 7.80. The fraction of sp³-hybridized carbons (Fsp3) is 0.333. The van der Waals surface area contributed by atoms with E-state index in [9.17, 15) is 4.79 Å². The molecule has 24 heavy (non-hydrogen) atoms. The van der Waals surface area contributed by atoms with E-state index in [0.29, 0.717) is 26.1 Å². The van der Waals surface area contributed by atoms with Crippen molar-refractivity contribution in [1.82, 2.24) is 15.6 Å². The van der Waals surface area contributed by atoms with Crippen molar-refractivity contribution in [2.45, 2.75) is 19.5 Å². The average Bonchev–Trinajstić information content (AvgIpc) is 2.64. The fourth-order valence-corrected chi connectivity index (χ4v) is 2.21. The number of methoxy groups -OCH3 is 2. The molecule has 0 spiro atoms. The topological polar surface area (TPSA) is 72.5 Å². The van der Waals surface area contributed by atoms with Crippen molar-refractivity contribution in [3.8, 4) is 11.5 Å². The van der Waals surface area contributed by atoms with Gasteiger partial charge in [-0.15, -0.1) is 0 Å². The van der Waals surface area contributed by atoms with E-state index in [1.165, 1.54) is 0 Å². The van der Waals surface area contributed by atoms with Crippen LogP contribution in [0, 0.1) is 0 Å². The molecule has 6 heteroatoms. The molecule has 0 aliphatic carbocycles. The van der Waals surface area contributed by atoms with E-state index >= 15 is 0 Å². The Kier molecular flexibility index (Phi) is 7.04. The monoisotopic (exact) mass is 329 g/mol. The number of amides is 1. The summed E-state index contributed by atoms with van der Waals surface area (Å²) >= 11 is 0. The minimum absolute atomic E-state index is 0.00745. The van der Waals surface area contributed by atoms with E-state index in [0.717, 1.165) is 22.6 Å². The van der Waals surface area contributed by atoms with Gasteiger partial charge in [0.05, 0.1) is 14.2 Å². The molecule has 1 amide bonds. The van der Waals surface area contributed by atoms with Crippen LogP contribution in [0.1, 0.15) is 17.5 Å². The number of hydrogen-bond acceptors (Lipinski definition) is 5. The predicted molar refractivity (Wildman–Crippen MR) is 92.0 cm³/mol. The summed E-state index contributed by atoms with van der Waals surface area (Å²) in [6.45, 7) is 1.72. The average molecular weight is 329 g/mol. The summed E-state index contributed by atoms with van der Waals surface area (Å²) in [5, 5.41) is 6.12. The van der Waals surface area contributed by atoms with E-state index in [1.807, 2.05) is 30.3 Å². The summed E-state index contributed by atoms with van der Waals surface area (Å²) in [4.78, 5) is 15.8. The molecule has 2 N–H and O–H groups in total. The smallest absolute Gasteiger partial charge is 0.221 e. The van der Waals surface area contributed by atoms with E-state index in [1.54, 1.807) is 26.6 Å². The second-order valence-electron chi connectivity index (χ2n) is 5.24. The first-order chi connectivity index (χ1) is 11.7. The molecule has 0 saturated heterocycles. The van der Waals surface area contributed by atoms with Gasteiger partial charge in [-0.05, 0) is 17.7 Å². The minimum Gasteiger partial charge on any atom is -0.497 e. The summed E-state index contributed by atoms with van der Waals surface area (Å²) in [6.07, 6.45) is 3.87. The minimum atomic E-state index is 0.00745. The van der Waals surface area contributed by atoms with Crippen LogP contribution in [-0.4, -0.2) is 31.7 Å². The van der Waals surface area contributed by atoms with Crippen molar-refractivity contribution in [1.29, 1.82) is 0 Å². The summed E-state index contributed by atoms with van der Waals surface area (Å²) in [7, 11) is 3.25. The molecule has 128 valence electrons. The summed E-state index contributed by atoms with van der Waals surface area (Å²) in [5.41, 5.74) is 2.01. The van der Waals surface area contributed by atoms with Gasteiger partial charge in [0.1, 0.15) is 11.5 Å². The number of ether oxygens (including phenoxy) is 2. The highest BCUT2D eigenvalue weighted by Gasteiger charge is 2.06. The van der Waals surface area contributed by atoms with Gasteiger partial charge in [0.15, 0.2) is 0 Å². The van der Waals surface area contributed by atoms with Crippen molar-refractivity contribution in [2.24, 2.45) is 0 Å². The zero-order chi connectivity index (χ0) is 17.2. The van der Waals surface area contributed by atoms with Gasteiger partial charge in [-0.1, -0.05) is 12.1 Å². The van der Waals surface area contributed by atoms with E-state index in [4.69, 9.17) is 9.47 Å². The Balaban J connectivity index is 1.70. The molecule has 0 saturated carbocycles. The van der Waals surface area contributed by atoms with Gasteiger partial charge < -0.3 is 20.1 Å². The van der Waals surface area contributed by atoms with Gasteiger partial charge in [0.2, 0.25) is 5.91 Å². The van der Waals surface area contributed by atoms with Gasteiger partial charge in [-0.2, -0.15) is 0 Å². The fourth-order valence-electron chi connectivity index (χ4n) is 2.21. The predicted octanol–water partition coefficient (Wildman–Crippen LogP) is 1.89. The molecule has 0 bridgehead atoms. The standard InChI is InChI=1S/C18H23N3O3/c1-23-16-6-5-15(17(10-16)24-2)13-20-9-7-18(22)21-12-14-4-3-8-19-11-14/h3-6,8,10-11,20H,7,9,12-13H2,1-2H3,(H,21,22). The van der Waals surface area contributed by atoms with Crippen LogP contribution in [0.25, 0.3) is 0 Å². The lowest BCUT2D eigenvalue weighted by Crippen LogP contribution is -2.27. The third kappa shape index (κ3) is 5.55. The lowest BCUT2D eigenvalue weighted by atomic mass is 10.2.